The summed E-state index contributed by atoms with van der Waals surface area (Å²) in [6.07, 6.45) is 0. The quantitative estimate of drug-likeness (QED) is 0.596. The molecular formula is C12H11NS. The number of aromatic nitrogens is 1. The van der Waals surface area contributed by atoms with Crippen LogP contribution in [0.25, 0.3) is 10.2 Å². The number of nitrogens with zero attached hydrogens (tertiary/aromatic N) is 1. The summed E-state index contributed by atoms with van der Waals surface area (Å²) in [7, 11) is 0. The Morgan fingerprint density at radius 2 is 2.21 bits per heavy atom. The van der Waals surface area contributed by atoms with Gasteiger partial charge in [0.15, 0.2) is 0 Å². The van der Waals surface area contributed by atoms with Gasteiger partial charge in [-0.15, -0.1) is 11.3 Å². The Labute approximate surface area is 87.8 Å². The molecule has 70 valence electrons. The number of rotatable bonds is 0. The lowest BCUT2D eigenvalue weighted by molar-refractivity contribution is 0.866. The van der Waals surface area contributed by atoms with Crippen molar-refractivity contribution in [3.8, 4) is 11.8 Å². The van der Waals surface area contributed by atoms with Crippen LogP contribution in [-0.2, 0) is 0 Å². The normalized spacial score (nSPS) is 10.2. The smallest absolute Gasteiger partial charge is 0.0824 e. The van der Waals surface area contributed by atoms with E-state index >= 15 is 0 Å². The summed E-state index contributed by atoms with van der Waals surface area (Å²) in [6, 6.07) is 6.18. The minimum atomic E-state index is 0.418. The minimum absolute atomic E-state index is 0.418. The molecule has 0 amide bonds. The summed E-state index contributed by atoms with van der Waals surface area (Å²) in [5.41, 5.74) is 3.97. The van der Waals surface area contributed by atoms with E-state index in [2.05, 4.69) is 42.8 Å². The van der Waals surface area contributed by atoms with Crippen molar-refractivity contribution >= 4 is 21.6 Å². The van der Waals surface area contributed by atoms with E-state index in [1.165, 1.54) is 4.70 Å². The van der Waals surface area contributed by atoms with Gasteiger partial charge in [0.05, 0.1) is 15.7 Å². The second-order valence-corrected chi connectivity index (χ2v) is 4.35. The van der Waals surface area contributed by atoms with Crippen LogP contribution in [0.5, 0.6) is 0 Å². The molecule has 0 saturated carbocycles. The zero-order chi connectivity index (χ0) is 9.97. The van der Waals surface area contributed by atoms with Gasteiger partial charge in [-0.25, -0.2) is 4.98 Å². The maximum absolute atomic E-state index is 4.26. The predicted molar refractivity (Wildman–Crippen MR) is 61.3 cm³/mol. The first-order valence-corrected chi connectivity index (χ1v) is 5.48. The zero-order valence-electron chi connectivity index (χ0n) is 8.24. The Kier molecular flexibility index (Phi) is 2.51. The van der Waals surface area contributed by atoms with E-state index in [-0.39, 0.29) is 0 Å². The Morgan fingerprint density at radius 3 is 3.00 bits per heavy atom. The Morgan fingerprint density at radius 1 is 1.36 bits per heavy atom. The molecule has 1 aromatic carbocycles. The van der Waals surface area contributed by atoms with Crippen LogP contribution in [0.4, 0.5) is 0 Å². The fourth-order valence-electron chi connectivity index (χ4n) is 1.16. The van der Waals surface area contributed by atoms with Crippen LogP contribution < -0.4 is 0 Å². The average Bonchev–Trinajstić information content (AvgIpc) is 2.61. The monoisotopic (exact) mass is 201 g/mol. The van der Waals surface area contributed by atoms with Gasteiger partial charge in [-0.05, 0) is 18.2 Å². The minimum Gasteiger partial charge on any atom is -0.245 e. The van der Waals surface area contributed by atoms with Crippen molar-refractivity contribution in [2.45, 2.75) is 13.8 Å². The molecule has 0 atom stereocenters. The van der Waals surface area contributed by atoms with E-state index in [1.54, 1.807) is 11.3 Å². The molecule has 0 N–H and O–H groups in total. The summed E-state index contributed by atoms with van der Waals surface area (Å²) < 4.78 is 1.22. The third kappa shape index (κ3) is 1.94. The van der Waals surface area contributed by atoms with Crippen LogP contribution in [0.15, 0.2) is 23.7 Å². The maximum atomic E-state index is 4.26. The van der Waals surface area contributed by atoms with Gasteiger partial charge < -0.3 is 0 Å². The molecule has 0 fully saturated rings. The van der Waals surface area contributed by atoms with E-state index in [1.807, 2.05) is 11.6 Å². The van der Waals surface area contributed by atoms with Gasteiger partial charge >= 0.3 is 0 Å². The maximum Gasteiger partial charge on any atom is 0.0824 e. The Bertz CT molecular complexity index is 500. The molecule has 0 aliphatic rings. The molecule has 14 heavy (non-hydrogen) atoms. The van der Waals surface area contributed by atoms with Gasteiger partial charge in [0.2, 0.25) is 0 Å². The molecule has 2 heteroatoms. The standard InChI is InChI=1S/C12H11NS/c1-9(2)3-4-10-5-6-12-11(7-10)13-8-14-12/h5-9H,1-2H3. The van der Waals surface area contributed by atoms with E-state index in [0.29, 0.717) is 5.92 Å². The lowest BCUT2D eigenvalue weighted by Gasteiger charge is -1.91. The molecule has 2 aromatic rings. The molecule has 1 heterocycles. The van der Waals surface area contributed by atoms with Gasteiger partial charge in [-0.2, -0.15) is 0 Å². The predicted octanol–water partition coefficient (Wildman–Crippen LogP) is 3.30. The molecule has 0 unspecified atom stereocenters. The lowest BCUT2D eigenvalue weighted by atomic mass is 10.1. The fraction of sp³-hybridized carbons (Fsp3) is 0.250. The molecule has 1 aromatic heterocycles. The number of hydrogen-bond donors (Lipinski definition) is 0. The highest BCUT2D eigenvalue weighted by Gasteiger charge is 1.96. The third-order valence-corrected chi connectivity index (χ3v) is 2.65. The van der Waals surface area contributed by atoms with Crippen molar-refractivity contribution < 1.29 is 0 Å². The first-order chi connectivity index (χ1) is 6.75. The van der Waals surface area contributed by atoms with Gasteiger partial charge in [0, 0.05) is 11.5 Å². The topological polar surface area (TPSA) is 12.9 Å². The van der Waals surface area contributed by atoms with Crippen LogP contribution in [0, 0.1) is 17.8 Å². The average molecular weight is 201 g/mol. The van der Waals surface area contributed by atoms with Crippen molar-refractivity contribution in [1.82, 2.24) is 4.98 Å². The highest BCUT2D eigenvalue weighted by Crippen LogP contribution is 2.18. The van der Waals surface area contributed by atoms with Crippen LogP contribution in [0.3, 0.4) is 0 Å². The first-order valence-electron chi connectivity index (χ1n) is 4.60. The van der Waals surface area contributed by atoms with Gasteiger partial charge in [0.25, 0.3) is 0 Å². The van der Waals surface area contributed by atoms with E-state index < -0.39 is 0 Å². The Hall–Kier alpha value is -1.33. The highest BCUT2D eigenvalue weighted by atomic mass is 32.1. The lowest BCUT2D eigenvalue weighted by Crippen LogP contribution is -1.79. The van der Waals surface area contributed by atoms with Gasteiger partial charge in [-0.1, -0.05) is 25.7 Å². The number of benzene rings is 1. The Balaban J connectivity index is 2.41. The summed E-state index contributed by atoms with van der Waals surface area (Å²) in [5, 5.41) is 0. The van der Waals surface area contributed by atoms with Crippen molar-refractivity contribution in [3.63, 3.8) is 0 Å². The summed E-state index contributed by atoms with van der Waals surface area (Å²) in [4.78, 5) is 4.26. The molecule has 0 radical (unpaired) electrons. The number of hydrogen-bond acceptors (Lipinski definition) is 2. The highest BCUT2D eigenvalue weighted by molar-refractivity contribution is 7.16. The zero-order valence-corrected chi connectivity index (χ0v) is 9.06. The molecule has 0 saturated heterocycles. The number of fused-ring (bicyclic) bond motifs is 1. The molecule has 0 spiro atoms. The van der Waals surface area contributed by atoms with Crippen molar-refractivity contribution in [2.75, 3.05) is 0 Å². The summed E-state index contributed by atoms with van der Waals surface area (Å²) >= 11 is 1.66. The number of thiazole rings is 1. The van der Waals surface area contributed by atoms with Crippen LogP contribution in [0.2, 0.25) is 0 Å². The van der Waals surface area contributed by atoms with E-state index in [4.69, 9.17) is 0 Å². The molecule has 0 bridgehead atoms. The second kappa shape index (κ2) is 3.81. The largest absolute Gasteiger partial charge is 0.245 e. The second-order valence-electron chi connectivity index (χ2n) is 3.46. The molecule has 1 nitrogen and oxygen atoms in total. The van der Waals surface area contributed by atoms with Crippen molar-refractivity contribution in [1.29, 1.82) is 0 Å². The van der Waals surface area contributed by atoms with Gasteiger partial charge in [0.1, 0.15) is 0 Å². The molecular weight excluding hydrogens is 190 g/mol. The molecule has 2 rings (SSSR count). The van der Waals surface area contributed by atoms with Crippen LogP contribution in [-0.4, -0.2) is 4.98 Å². The van der Waals surface area contributed by atoms with Crippen molar-refractivity contribution in [3.05, 3.63) is 29.3 Å². The summed E-state index contributed by atoms with van der Waals surface area (Å²) in [5.74, 6) is 6.70. The summed E-state index contributed by atoms with van der Waals surface area (Å²) in [6.45, 7) is 4.18. The van der Waals surface area contributed by atoms with Crippen molar-refractivity contribution in [2.24, 2.45) is 5.92 Å². The SMILES string of the molecule is CC(C)C#Cc1ccc2scnc2c1. The van der Waals surface area contributed by atoms with E-state index in [0.717, 1.165) is 11.1 Å². The van der Waals surface area contributed by atoms with E-state index in [9.17, 15) is 0 Å². The van der Waals surface area contributed by atoms with Gasteiger partial charge in [-0.3, -0.25) is 0 Å². The first kappa shape index (κ1) is 9.23. The molecule has 0 aliphatic heterocycles. The van der Waals surface area contributed by atoms with Crippen LogP contribution >= 0.6 is 11.3 Å². The fourth-order valence-corrected chi connectivity index (χ4v) is 1.82. The van der Waals surface area contributed by atoms with Crippen LogP contribution in [0.1, 0.15) is 19.4 Å². The molecule has 0 aliphatic carbocycles. The third-order valence-electron chi connectivity index (χ3n) is 1.84.